The van der Waals surface area contributed by atoms with Crippen molar-refractivity contribution >= 4 is 27.5 Å². The Morgan fingerprint density at radius 1 is 1.23 bits per heavy atom. The Morgan fingerprint density at radius 3 is 2.32 bits per heavy atom. The van der Waals surface area contributed by atoms with Gasteiger partial charge in [-0.3, -0.25) is 9.63 Å². The van der Waals surface area contributed by atoms with Crippen LogP contribution >= 0.6 is 11.6 Å². The molecule has 0 radical (unpaired) electrons. The van der Waals surface area contributed by atoms with E-state index in [1.165, 1.54) is 26.3 Å². The Hall–Kier alpha value is -1.19. The number of hydrogen-bond acceptors (Lipinski definition) is 5. The molecule has 9 heteroatoms. The maximum absolute atomic E-state index is 13.6. The lowest BCUT2D eigenvalue weighted by molar-refractivity contribution is -0.0258. The second-order valence-electron chi connectivity index (χ2n) is 9.55. The van der Waals surface area contributed by atoms with Gasteiger partial charge in [-0.05, 0) is 65.2 Å². The predicted octanol–water partition coefficient (Wildman–Crippen LogP) is 4.07. The topological polar surface area (TPSA) is 79.0 Å². The number of carbonyl (C=O) groups is 1. The minimum absolute atomic E-state index is 0.0442. The summed E-state index contributed by atoms with van der Waals surface area (Å²) in [5.74, 6) is -0.180. The summed E-state index contributed by atoms with van der Waals surface area (Å²) in [6.07, 6.45) is 3.47. The van der Waals surface area contributed by atoms with E-state index in [0.29, 0.717) is 12.1 Å². The van der Waals surface area contributed by atoms with Gasteiger partial charge in [0, 0.05) is 36.3 Å². The molecule has 0 atom stereocenters. The van der Waals surface area contributed by atoms with Crippen LogP contribution in [0.4, 0.5) is 0 Å². The number of nitrogens with zero attached hydrogens (tertiary/aromatic N) is 2. The Morgan fingerprint density at radius 2 is 1.81 bits per heavy atom. The number of unbranched alkanes of at least 4 members (excludes halogenated alkanes) is 1. The minimum Gasteiger partial charge on any atom is -0.336 e. The van der Waals surface area contributed by atoms with Crippen LogP contribution in [0.15, 0.2) is 23.1 Å². The lowest BCUT2D eigenvalue weighted by Gasteiger charge is -2.49. The summed E-state index contributed by atoms with van der Waals surface area (Å²) >= 11 is 6.18. The number of hydroxylamine groups is 1. The maximum atomic E-state index is 13.6. The molecule has 1 heterocycles. The number of piperidine rings is 1. The van der Waals surface area contributed by atoms with Gasteiger partial charge in [0.1, 0.15) is 4.90 Å². The number of benzene rings is 1. The third kappa shape index (κ3) is 6.20. The second kappa shape index (κ2) is 9.75. The van der Waals surface area contributed by atoms with E-state index < -0.39 is 10.0 Å². The predicted molar refractivity (Wildman–Crippen MR) is 124 cm³/mol. The van der Waals surface area contributed by atoms with Gasteiger partial charge in [0.15, 0.2) is 0 Å². The van der Waals surface area contributed by atoms with Crippen LogP contribution in [0.3, 0.4) is 0 Å². The van der Waals surface area contributed by atoms with Crippen LogP contribution in [0.1, 0.15) is 70.7 Å². The van der Waals surface area contributed by atoms with E-state index >= 15 is 0 Å². The average Bonchev–Trinajstić information content (AvgIpc) is 2.65. The van der Waals surface area contributed by atoms with Crippen LogP contribution in [0.25, 0.3) is 0 Å². The Labute approximate surface area is 192 Å². The Bertz CT molecular complexity index is 886. The molecule has 176 valence electrons. The number of halogens is 1. The van der Waals surface area contributed by atoms with Gasteiger partial charge in [-0.1, -0.05) is 29.4 Å². The van der Waals surface area contributed by atoms with Gasteiger partial charge in [0.25, 0.3) is 15.9 Å². The number of rotatable bonds is 8. The van der Waals surface area contributed by atoms with Crippen molar-refractivity contribution in [3.63, 3.8) is 0 Å². The fourth-order valence-corrected chi connectivity index (χ4v) is 5.98. The molecule has 1 aliphatic heterocycles. The first-order valence-corrected chi connectivity index (χ1v) is 12.5. The van der Waals surface area contributed by atoms with Crippen molar-refractivity contribution in [2.75, 3.05) is 20.7 Å². The molecular formula is C22H36ClN3O4S. The molecule has 1 amide bonds. The Kier molecular flexibility index (Phi) is 8.20. The summed E-state index contributed by atoms with van der Waals surface area (Å²) in [5, 5.41) is 3.70. The van der Waals surface area contributed by atoms with E-state index in [2.05, 4.69) is 39.9 Å². The van der Waals surface area contributed by atoms with Gasteiger partial charge in [0.05, 0.1) is 12.1 Å². The molecule has 1 saturated heterocycles. The third-order valence-electron chi connectivity index (χ3n) is 5.67. The first kappa shape index (κ1) is 26.1. The number of carbonyl (C=O) groups excluding carboxylic acids is 1. The SMILES string of the molecule is CCCCN(C(=O)c1ccc(Cl)c(S(=O)(=O)N(C)OC)c1)C1CC(C)(C)NC(C)(C)C1. The maximum Gasteiger partial charge on any atom is 0.266 e. The number of amides is 1. The van der Waals surface area contributed by atoms with Gasteiger partial charge in [-0.15, -0.1) is 0 Å². The van der Waals surface area contributed by atoms with E-state index in [9.17, 15) is 13.2 Å². The molecule has 0 aliphatic carbocycles. The summed E-state index contributed by atoms with van der Waals surface area (Å²) in [5.41, 5.74) is 0.0670. The summed E-state index contributed by atoms with van der Waals surface area (Å²) in [7, 11) is -1.44. The quantitative estimate of drug-likeness (QED) is 0.575. The zero-order chi connectivity index (χ0) is 23.6. The number of sulfonamides is 1. The van der Waals surface area contributed by atoms with Crippen molar-refractivity contribution in [1.29, 1.82) is 0 Å². The first-order chi connectivity index (χ1) is 14.2. The normalized spacial score (nSPS) is 18.9. The summed E-state index contributed by atoms with van der Waals surface area (Å²) < 4.78 is 26.2. The molecular weight excluding hydrogens is 438 g/mol. The third-order valence-corrected chi connectivity index (χ3v) is 7.84. The largest absolute Gasteiger partial charge is 0.336 e. The van der Waals surface area contributed by atoms with Crippen LogP contribution in [-0.2, 0) is 14.9 Å². The zero-order valence-corrected chi connectivity index (χ0v) is 21.2. The van der Waals surface area contributed by atoms with Crippen molar-refractivity contribution in [2.24, 2.45) is 0 Å². The smallest absolute Gasteiger partial charge is 0.266 e. The second-order valence-corrected chi connectivity index (χ2v) is 11.9. The van der Waals surface area contributed by atoms with Gasteiger partial charge < -0.3 is 10.2 Å². The van der Waals surface area contributed by atoms with Gasteiger partial charge in [0.2, 0.25) is 0 Å². The highest BCUT2D eigenvalue weighted by atomic mass is 35.5. The fraction of sp³-hybridized carbons (Fsp3) is 0.682. The molecule has 0 spiro atoms. The summed E-state index contributed by atoms with van der Waals surface area (Å²) in [6.45, 7) is 11.3. The van der Waals surface area contributed by atoms with E-state index in [1.54, 1.807) is 6.07 Å². The highest BCUT2D eigenvalue weighted by molar-refractivity contribution is 7.89. The van der Waals surface area contributed by atoms with Crippen LogP contribution in [0.2, 0.25) is 5.02 Å². The molecule has 2 rings (SSSR count). The average molecular weight is 474 g/mol. The van der Waals surface area contributed by atoms with Crippen LogP contribution in [0, 0.1) is 0 Å². The highest BCUT2D eigenvalue weighted by Gasteiger charge is 2.41. The van der Waals surface area contributed by atoms with Crippen molar-refractivity contribution in [3.05, 3.63) is 28.8 Å². The van der Waals surface area contributed by atoms with Crippen molar-refractivity contribution < 1.29 is 18.0 Å². The fourth-order valence-electron chi connectivity index (χ4n) is 4.50. The van der Waals surface area contributed by atoms with Gasteiger partial charge >= 0.3 is 0 Å². The molecule has 7 nitrogen and oxygen atoms in total. The molecule has 0 bridgehead atoms. The van der Waals surface area contributed by atoms with Crippen LogP contribution < -0.4 is 5.32 Å². The molecule has 1 N–H and O–H groups in total. The van der Waals surface area contributed by atoms with Gasteiger partial charge in [-0.2, -0.15) is 0 Å². The number of hydrogen-bond donors (Lipinski definition) is 1. The molecule has 1 aliphatic rings. The molecule has 31 heavy (non-hydrogen) atoms. The van der Waals surface area contributed by atoms with Crippen LogP contribution in [0.5, 0.6) is 0 Å². The molecule has 0 unspecified atom stereocenters. The standard InChI is InChI=1S/C22H36ClN3O4S/c1-8-9-12-26(17-14-21(2,3)24-22(4,5)15-17)20(27)16-10-11-18(23)19(13-16)31(28,29)25(6)30-7/h10-11,13,17,24H,8-9,12,14-15H2,1-7H3. The molecule has 1 aromatic rings. The minimum atomic E-state index is -3.98. The molecule has 0 saturated carbocycles. The Balaban J connectivity index is 2.46. The van der Waals surface area contributed by atoms with Gasteiger partial charge in [-0.25, -0.2) is 8.42 Å². The highest BCUT2D eigenvalue weighted by Crippen LogP contribution is 2.33. The van der Waals surface area contributed by atoms with E-state index in [0.717, 1.165) is 30.2 Å². The zero-order valence-electron chi connectivity index (χ0n) is 19.7. The van der Waals surface area contributed by atoms with Crippen molar-refractivity contribution in [1.82, 2.24) is 14.7 Å². The molecule has 1 fully saturated rings. The van der Waals surface area contributed by atoms with Crippen LogP contribution in [-0.4, -0.2) is 61.5 Å². The van der Waals surface area contributed by atoms with E-state index in [-0.39, 0.29) is 32.9 Å². The summed E-state index contributed by atoms with van der Waals surface area (Å²) in [4.78, 5) is 20.2. The first-order valence-electron chi connectivity index (χ1n) is 10.7. The number of nitrogens with one attached hydrogen (secondary N) is 1. The monoisotopic (exact) mass is 473 g/mol. The van der Waals surface area contributed by atoms with Crippen molar-refractivity contribution in [2.45, 2.75) is 82.3 Å². The van der Waals surface area contributed by atoms with E-state index in [1.807, 2.05) is 4.90 Å². The summed E-state index contributed by atoms with van der Waals surface area (Å²) in [6, 6.07) is 4.45. The lowest BCUT2D eigenvalue weighted by Crippen LogP contribution is -2.62. The van der Waals surface area contributed by atoms with E-state index in [4.69, 9.17) is 16.4 Å². The molecule has 1 aromatic carbocycles. The molecule has 0 aromatic heterocycles. The lowest BCUT2D eigenvalue weighted by atomic mass is 9.78. The van der Waals surface area contributed by atoms with Crippen molar-refractivity contribution in [3.8, 4) is 0 Å².